The molecule has 1 aliphatic heterocycles. The molecule has 1 aliphatic rings. The maximum Gasteiger partial charge on any atom is 0.334 e. The number of hydrogen-bond donors (Lipinski definition) is 1. The summed E-state index contributed by atoms with van der Waals surface area (Å²) in [6.07, 6.45) is -0.758. The summed E-state index contributed by atoms with van der Waals surface area (Å²) in [6.45, 7) is 0. The van der Waals surface area contributed by atoms with Crippen LogP contribution in [0.5, 0.6) is 5.75 Å². The molecule has 8 heteroatoms. The van der Waals surface area contributed by atoms with Crippen molar-refractivity contribution >= 4 is 25.0 Å². The van der Waals surface area contributed by atoms with Gasteiger partial charge >= 0.3 is 7.60 Å². The molecule has 2 aromatic rings. The molecular formula is C19H20NO6P. The molecule has 0 saturated carbocycles. The molecule has 1 heterocycles. The first kappa shape index (κ1) is 19.3. The quantitative estimate of drug-likeness (QED) is 0.759. The fourth-order valence-corrected chi connectivity index (χ4v) is 3.83. The van der Waals surface area contributed by atoms with E-state index in [0.29, 0.717) is 17.0 Å². The molecule has 0 fully saturated rings. The molecule has 2 aromatic carbocycles. The third-order valence-corrected chi connectivity index (χ3v) is 6.14. The van der Waals surface area contributed by atoms with Gasteiger partial charge in [-0.2, -0.15) is 0 Å². The summed E-state index contributed by atoms with van der Waals surface area (Å²) in [5.41, 5.74) is 1.79. The minimum atomic E-state index is -3.15. The standard InChI is InChI=1S/C19H20NO6P/c1-24-27(23,25-2)12-13-7-9-14(10-8-13)20-19(22)18-11-16(21)15-5-3-4-6-17(15)26-18/h3-10,18H,11-12H2,1-2H3,(H,20,22). The van der Waals surface area contributed by atoms with Gasteiger partial charge in [0.2, 0.25) is 0 Å². The van der Waals surface area contributed by atoms with Crippen molar-refractivity contribution in [1.82, 2.24) is 0 Å². The largest absolute Gasteiger partial charge is 0.479 e. The van der Waals surface area contributed by atoms with Crippen molar-refractivity contribution in [2.24, 2.45) is 0 Å². The second-order valence-electron chi connectivity index (χ2n) is 6.05. The predicted molar refractivity (Wildman–Crippen MR) is 100 cm³/mol. The predicted octanol–water partition coefficient (Wildman–Crippen LogP) is 3.65. The summed E-state index contributed by atoms with van der Waals surface area (Å²) in [5, 5.41) is 2.73. The number of para-hydroxylation sites is 1. The van der Waals surface area contributed by atoms with Crippen LogP contribution in [0.2, 0.25) is 0 Å². The molecule has 0 saturated heterocycles. The van der Waals surface area contributed by atoms with Crippen molar-refractivity contribution < 1.29 is 27.9 Å². The zero-order chi connectivity index (χ0) is 19.4. The Kier molecular flexibility index (Phi) is 5.75. The average Bonchev–Trinajstić information content (AvgIpc) is 2.69. The van der Waals surface area contributed by atoms with Crippen LogP contribution in [-0.4, -0.2) is 32.0 Å². The van der Waals surface area contributed by atoms with Crippen molar-refractivity contribution in [2.45, 2.75) is 18.7 Å². The van der Waals surface area contributed by atoms with Crippen molar-refractivity contribution in [3.63, 3.8) is 0 Å². The van der Waals surface area contributed by atoms with Gasteiger partial charge in [0.1, 0.15) is 5.75 Å². The number of ketones is 1. The van der Waals surface area contributed by atoms with E-state index < -0.39 is 19.6 Å². The van der Waals surface area contributed by atoms with Crippen LogP contribution >= 0.6 is 7.60 Å². The van der Waals surface area contributed by atoms with E-state index in [-0.39, 0.29) is 18.4 Å². The second-order valence-corrected chi connectivity index (χ2v) is 8.32. The molecule has 1 atom stereocenters. The minimum absolute atomic E-state index is 0.00815. The van der Waals surface area contributed by atoms with Gasteiger partial charge in [0.15, 0.2) is 11.9 Å². The molecule has 1 unspecified atom stereocenters. The van der Waals surface area contributed by atoms with Gasteiger partial charge in [-0.15, -0.1) is 0 Å². The van der Waals surface area contributed by atoms with Crippen LogP contribution in [0.1, 0.15) is 22.3 Å². The Labute approximate surface area is 157 Å². The molecule has 7 nitrogen and oxygen atoms in total. The normalized spacial score (nSPS) is 16.4. The van der Waals surface area contributed by atoms with E-state index in [4.69, 9.17) is 13.8 Å². The zero-order valence-electron chi connectivity index (χ0n) is 15.0. The number of hydrogen-bond acceptors (Lipinski definition) is 6. The zero-order valence-corrected chi connectivity index (χ0v) is 15.9. The van der Waals surface area contributed by atoms with E-state index in [0.717, 1.165) is 5.56 Å². The van der Waals surface area contributed by atoms with Gasteiger partial charge in [0.05, 0.1) is 18.1 Å². The molecular weight excluding hydrogens is 369 g/mol. The molecule has 0 aliphatic carbocycles. The lowest BCUT2D eigenvalue weighted by molar-refractivity contribution is -0.122. The molecule has 1 amide bonds. The molecule has 27 heavy (non-hydrogen) atoms. The first-order chi connectivity index (χ1) is 12.9. The maximum absolute atomic E-state index is 12.5. The number of carbonyl (C=O) groups excluding carboxylic acids is 2. The third kappa shape index (κ3) is 4.45. The highest BCUT2D eigenvalue weighted by atomic mass is 31.2. The van der Waals surface area contributed by atoms with Crippen molar-refractivity contribution in [3.8, 4) is 5.75 Å². The Bertz CT molecular complexity index is 887. The third-order valence-electron chi connectivity index (χ3n) is 4.27. The van der Waals surface area contributed by atoms with E-state index in [9.17, 15) is 14.2 Å². The van der Waals surface area contributed by atoms with Crippen molar-refractivity contribution in [2.75, 3.05) is 19.5 Å². The number of benzene rings is 2. The lowest BCUT2D eigenvalue weighted by Crippen LogP contribution is -2.38. The summed E-state index contributed by atoms with van der Waals surface area (Å²) in [5.74, 6) is -0.105. The SMILES string of the molecule is COP(=O)(Cc1ccc(NC(=O)C2CC(=O)c3ccccc3O2)cc1)OC. The number of carbonyl (C=O) groups is 2. The van der Waals surface area contributed by atoms with E-state index in [1.807, 2.05) is 0 Å². The summed E-state index contributed by atoms with van der Waals surface area (Å²) < 4.78 is 27.6. The number of ether oxygens (including phenoxy) is 1. The molecule has 142 valence electrons. The molecule has 0 aromatic heterocycles. The summed E-state index contributed by atoms with van der Waals surface area (Å²) in [6, 6.07) is 13.7. The van der Waals surface area contributed by atoms with Crippen LogP contribution in [-0.2, 0) is 24.6 Å². The highest BCUT2D eigenvalue weighted by Gasteiger charge is 2.31. The second kappa shape index (κ2) is 8.05. The summed E-state index contributed by atoms with van der Waals surface area (Å²) in [4.78, 5) is 24.6. The van der Waals surface area contributed by atoms with Gasteiger partial charge in [0.25, 0.3) is 5.91 Å². The lowest BCUT2D eigenvalue weighted by Gasteiger charge is -2.24. The van der Waals surface area contributed by atoms with Crippen LogP contribution in [0.4, 0.5) is 5.69 Å². The number of fused-ring (bicyclic) bond motifs is 1. The van der Waals surface area contributed by atoms with Crippen LogP contribution < -0.4 is 10.1 Å². The fraction of sp³-hybridized carbons (Fsp3) is 0.263. The fourth-order valence-electron chi connectivity index (χ4n) is 2.76. The van der Waals surface area contributed by atoms with Crippen LogP contribution in [0.3, 0.4) is 0 Å². The number of Topliss-reactive ketones (excluding diaryl/α,β-unsaturated/α-hetero) is 1. The number of amides is 1. The van der Waals surface area contributed by atoms with E-state index in [1.54, 1.807) is 48.5 Å². The van der Waals surface area contributed by atoms with E-state index in [2.05, 4.69) is 5.32 Å². The minimum Gasteiger partial charge on any atom is -0.479 e. The van der Waals surface area contributed by atoms with E-state index in [1.165, 1.54) is 14.2 Å². The highest BCUT2D eigenvalue weighted by molar-refractivity contribution is 7.52. The molecule has 1 N–H and O–H groups in total. The van der Waals surface area contributed by atoms with Gasteiger partial charge in [-0.1, -0.05) is 24.3 Å². The summed E-state index contributed by atoms with van der Waals surface area (Å²) >= 11 is 0. The monoisotopic (exact) mass is 389 g/mol. The van der Waals surface area contributed by atoms with Gasteiger partial charge < -0.3 is 19.1 Å². The van der Waals surface area contributed by atoms with Crippen LogP contribution in [0.25, 0.3) is 0 Å². The molecule has 0 radical (unpaired) electrons. The first-order valence-electron chi connectivity index (χ1n) is 8.33. The van der Waals surface area contributed by atoms with Gasteiger partial charge in [-0.3, -0.25) is 14.2 Å². The van der Waals surface area contributed by atoms with Crippen LogP contribution in [0, 0.1) is 0 Å². The van der Waals surface area contributed by atoms with Crippen molar-refractivity contribution in [3.05, 3.63) is 59.7 Å². The highest BCUT2D eigenvalue weighted by Crippen LogP contribution is 2.49. The van der Waals surface area contributed by atoms with E-state index >= 15 is 0 Å². The Balaban J connectivity index is 1.65. The Hall–Kier alpha value is -2.47. The Morgan fingerprint density at radius 2 is 1.81 bits per heavy atom. The molecule has 0 spiro atoms. The van der Waals surface area contributed by atoms with Gasteiger partial charge in [0, 0.05) is 19.9 Å². The first-order valence-corrected chi connectivity index (χ1v) is 10.1. The van der Waals surface area contributed by atoms with Gasteiger partial charge in [-0.05, 0) is 29.8 Å². The average molecular weight is 389 g/mol. The Morgan fingerprint density at radius 3 is 2.48 bits per heavy atom. The number of anilines is 1. The Morgan fingerprint density at radius 1 is 1.15 bits per heavy atom. The number of rotatable bonds is 6. The van der Waals surface area contributed by atoms with Crippen LogP contribution in [0.15, 0.2) is 48.5 Å². The smallest absolute Gasteiger partial charge is 0.334 e. The van der Waals surface area contributed by atoms with Gasteiger partial charge in [-0.25, -0.2) is 0 Å². The topological polar surface area (TPSA) is 90.9 Å². The maximum atomic E-state index is 12.5. The molecule has 0 bridgehead atoms. The summed E-state index contributed by atoms with van der Waals surface area (Å²) in [7, 11) is -0.479. The molecule has 3 rings (SSSR count). The number of nitrogens with one attached hydrogen (secondary N) is 1. The lowest BCUT2D eigenvalue weighted by atomic mass is 10.0. The van der Waals surface area contributed by atoms with Crippen molar-refractivity contribution in [1.29, 1.82) is 0 Å².